The minimum atomic E-state index is -0.373. The molecule has 1 heterocycles. The van der Waals surface area contributed by atoms with E-state index in [-0.39, 0.29) is 5.97 Å². The van der Waals surface area contributed by atoms with Crippen molar-refractivity contribution in [2.24, 2.45) is 0 Å². The Bertz CT molecular complexity index is 593. The summed E-state index contributed by atoms with van der Waals surface area (Å²) in [6, 6.07) is 5.53. The number of carbonyl (C=O) groups is 1. The van der Waals surface area contributed by atoms with Gasteiger partial charge in [0, 0.05) is 5.69 Å². The lowest BCUT2D eigenvalue weighted by Crippen LogP contribution is -2.10. The predicted octanol–water partition coefficient (Wildman–Crippen LogP) is 2.09. The first-order chi connectivity index (χ1) is 9.11. The van der Waals surface area contributed by atoms with Crippen LogP contribution in [0.4, 0.5) is 5.69 Å². The molecule has 0 bridgehead atoms. The average Bonchev–Trinajstić information content (AvgIpc) is 2.81. The fourth-order valence-electron chi connectivity index (χ4n) is 1.77. The van der Waals surface area contributed by atoms with E-state index in [0.29, 0.717) is 29.5 Å². The summed E-state index contributed by atoms with van der Waals surface area (Å²) in [5, 5.41) is 6.80. The van der Waals surface area contributed by atoms with E-state index in [1.165, 1.54) is 7.11 Å². The second-order valence-electron chi connectivity index (χ2n) is 4.08. The zero-order valence-electron chi connectivity index (χ0n) is 11.1. The van der Waals surface area contributed by atoms with Crippen molar-refractivity contribution >= 4 is 11.7 Å². The number of anilines is 1. The minimum absolute atomic E-state index is 0.355. The number of hydrogen-bond donors (Lipinski definition) is 1. The molecular weight excluding hydrogens is 246 g/mol. The number of methoxy groups -OCH3 is 1. The van der Waals surface area contributed by atoms with Crippen LogP contribution in [0.1, 0.15) is 27.6 Å². The maximum absolute atomic E-state index is 11.8. The molecule has 2 rings (SSSR count). The highest BCUT2D eigenvalue weighted by Gasteiger charge is 2.15. The van der Waals surface area contributed by atoms with E-state index >= 15 is 0 Å². The van der Waals surface area contributed by atoms with Gasteiger partial charge in [0.1, 0.15) is 0 Å². The van der Waals surface area contributed by atoms with Crippen molar-refractivity contribution in [1.29, 1.82) is 0 Å². The van der Waals surface area contributed by atoms with Crippen molar-refractivity contribution in [2.75, 3.05) is 12.4 Å². The van der Waals surface area contributed by atoms with Gasteiger partial charge in [-0.05, 0) is 25.5 Å². The fraction of sp³-hybridized carbons (Fsp3) is 0.308. The zero-order valence-corrected chi connectivity index (χ0v) is 11.1. The van der Waals surface area contributed by atoms with Crippen LogP contribution < -0.4 is 5.32 Å². The summed E-state index contributed by atoms with van der Waals surface area (Å²) in [6.07, 6.45) is 0. The van der Waals surface area contributed by atoms with E-state index in [1.807, 2.05) is 25.1 Å². The van der Waals surface area contributed by atoms with Gasteiger partial charge < -0.3 is 14.6 Å². The van der Waals surface area contributed by atoms with E-state index < -0.39 is 0 Å². The normalized spacial score (nSPS) is 10.3. The number of nitrogens with zero attached hydrogens (tertiary/aromatic N) is 2. The first-order valence-corrected chi connectivity index (χ1v) is 5.83. The summed E-state index contributed by atoms with van der Waals surface area (Å²) < 4.78 is 9.79. The number of ether oxygens (including phenoxy) is 1. The highest BCUT2D eigenvalue weighted by molar-refractivity contribution is 5.97. The Morgan fingerprint density at radius 1 is 1.42 bits per heavy atom. The van der Waals surface area contributed by atoms with Crippen LogP contribution in [0.25, 0.3) is 0 Å². The topological polar surface area (TPSA) is 77.2 Å². The van der Waals surface area contributed by atoms with Crippen LogP contribution in [0, 0.1) is 13.8 Å². The summed E-state index contributed by atoms with van der Waals surface area (Å²) in [4.78, 5) is 15.8. The van der Waals surface area contributed by atoms with Crippen molar-refractivity contribution in [3.05, 3.63) is 41.0 Å². The van der Waals surface area contributed by atoms with E-state index in [0.717, 1.165) is 5.56 Å². The third-order valence-electron chi connectivity index (χ3n) is 2.66. The van der Waals surface area contributed by atoms with Gasteiger partial charge >= 0.3 is 5.97 Å². The van der Waals surface area contributed by atoms with E-state index in [4.69, 9.17) is 9.26 Å². The maximum atomic E-state index is 11.8. The van der Waals surface area contributed by atoms with Crippen molar-refractivity contribution in [1.82, 2.24) is 10.1 Å². The number of aryl methyl sites for hydroxylation is 2. The van der Waals surface area contributed by atoms with Crippen LogP contribution in [-0.4, -0.2) is 23.2 Å². The summed E-state index contributed by atoms with van der Waals surface area (Å²) in [6.45, 7) is 3.96. The van der Waals surface area contributed by atoms with Crippen LogP contribution in [0.15, 0.2) is 22.7 Å². The van der Waals surface area contributed by atoms with Crippen molar-refractivity contribution in [3.8, 4) is 0 Å². The summed E-state index contributed by atoms with van der Waals surface area (Å²) in [5.41, 5.74) is 2.04. The van der Waals surface area contributed by atoms with E-state index in [1.54, 1.807) is 6.92 Å². The highest BCUT2D eigenvalue weighted by atomic mass is 16.5. The molecule has 0 saturated heterocycles. The Labute approximate surface area is 110 Å². The smallest absolute Gasteiger partial charge is 0.340 e. The summed E-state index contributed by atoms with van der Waals surface area (Å²) in [7, 11) is 1.36. The van der Waals surface area contributed by atoms with Crippen molar-refractivity contribution in [2.45, 2.75) is 20.4 Å². The quantitative estimate of drug-likeness (QED) is 0.849. The SMILES string of the molecule is COC(=O)c1c(C)cccc1NCc1nc(C)no1. The van der Waals surface area contributed by atoms with Gasteiger partial charge in [-0.1, -0.05) is 17.3 Å². The zero-order chi connectivity index (χ0) is 13.8. The molecule has 0 amide bonds. The van der Waals surface area contributed by atoms with Crippen LogP contribution in [0.5, 0.6) is 0 Å². The standard InChI is InChI=1S/C13H15N3O3/c1-8-5-4-6-10(12(8)13(17)18-3)14-7-11-15-9(2)16-19-11/h4-6,14H,7H2,1-3H3. The molecule has 1 N–H and O–H groups in total. The molecule has 19 heavy (non-hydrogen) atoms. The first kappa shape index (κ1) is 13.1. The third kappa shape index (κ3) is 2.90. The van der Waals surface area contributed by atoms with Gasteiger partial charge in [0.2, 0.25) is 5.89 Å². The number of carbonyl (C=O) groups excluding carboxylic acids is 1. The lowest BCUT2D eigenvalue weighted by atomic mass is 10.1. The molecule has 0 saturated carbocycles. The van der Waals surface area contributed by atoms with Gasteiger partial charge in [-0.15, -0.1) is 0 Å². The highest BCUT2D eigenvalue weighted by Crippen LogP contribution is 2.21. The van der Waals surface area contributed by atoms with Gasteiger partial charge in [-0.3, -0.25) is 0 Å². The third-order valence-corrected chi connectivity index (χ3v) is 2.66. The molecule has 0 radical (unpaired) electrons. The number of nitrogens with one attached hydrogen (secondary N) is 1. The van der Waals surface area contributed by atoms with Crippen LogP contribution in [0.2, 0.25) is 0 Å². The average molecular weight is 261 g/mol. The molecule has 0 aliphatic heterocycles. The molecule has 0 aliphatic rings. The Morgan fingerprint density at radius 3 is 2.84 bits per heavy atom. The van der Waals surface area contributed by atoms with Gasteiger partial charge in [-0.25, -0.2) is 4.79 Å². The summed E-state index contributed by atoms with van der Waals surface area (Å²) in [5.74, 6) is 0.673. The molecule has 0 aliphatic carbocycles. The molecule has 1 aromatic heterocycles. The van der Waals surface area contributed by atoms with Gasteiger partial charge in [-0.2, -0.15) is 4.98 Å². The Morgan fingerprint density at radius 2 is 2.21 bits per heavy atom. The largest absolute Gasteiger partial charge is 0.465 e. The maximum Gasteiger partial charge on any atom is 0.340 e. The molecule has 6 heteroatoms. The number of benzene rings is 1. The monoisotopic (exact) mass is 261 g/mol. The van der Waals surface area contributed by atoms with Crippen molar-refractivity contribution < 1.29 is 14.1 Å². The number of aromatic nitrogens is 2. The first-order valence-electron chi connectivity index (χ1n) is 5.83. The minimum Gasteiger partial charge on any atom is -0.465 e. The molecule has 1 aromatic carbocycles. The predicted molar refractivity (Wildman–Crippen MR) is 68.9 cm³/mol. The Hall–Kier alpha value is -2.37. The van der Waals surface area contributed by atoms with Crippen LogP contribution in [-0.2, 0) is 11.3 Å². The Balaban J connectivity index is 2.20. The van der Waals surface area contributed by atoms with Gasteiger partial charge in [0.15, 0.2) is 5.82 Å². The van der Waals surface area contributed by atoms with E-state index in [9.17, 15) is 4.79 Å². The number of esters is 1. The molecule has 0 unspecified atom stereocenters. The van der Waals surface area contributed by atoms with Gasteiger partial charge in [0.25, 0.3) is 0 Å². The lowest BCUT2D eigenvalue weighted by Gasteiger charge is -2.11. The Kier molecular flexibility index (Phi) is 3.79. The van der Waals surface area contributed by atoms with Crippen LogP contribution >= 0.6 is 0 Å². The summed E-state index contributed by atoms with van der Waals surface area (Å²) >= 11 is 0. The fourth-order valence-corrected chi connectivity index (χ4v) is 1.77. The number of hydrogen-bond acceptors (Lipinski definition) is 6. The number of rotatable bonds is 4. The van der Waals surface area contributed by atoms with E-state index in [2.05, 4.69) is 15.5 Å². The van der Waals surface area contributed by atoms with Crippen molar-refractivity contribution in [3.63, 3.8) is 0 Å². The molecule has 0 atom stereocenters. The van der Waals surface area contributed by atoms with Crippen LogP contribution in [0.3, 0.4) is 0 Å². The second kappa shape index (κ2) is 5.51. The van der Waals surface area contributed by atoms with Gasteiger partial charge in [0.05, 0.1) is 19.2 Å². The lowest BCUT2D eigenvalue weighted by molar-refractivity contribution is 0.0601. The molecule has 6 nitrogen and oxygen atoms in total. The second-order valence-corrected chi connectivity index (χ2v) is 4.08. The molecule has 0 spiro atoms. The molecular formula is C13H15N3O3. The molecule has 100 valence electrons. The molecule has 0 fully saturated rings. The molecule has 2 aromatic rings.